The predicted molar refractivity (Wildman–Crippen MR) is 169 cm³/mol. The van der Waals surface area contributed by atoms with Gasteiger partial charge in [-0.05, 0) is 38.1 Å². The molecule has 2 aromatic carbocycles. The number of benzene rings is 2. The highest BCUT2D eigenvalue weighted by Gasteiger charge is 2.28. The van der Waals surface area contributed by atoms with E-state index in [2.05, 4.69) is 0 Å². The Morgan fingerprint density at radius 3 is 1.36 bits per heavy atom. The lowest BCUT2D eigenvalue weighted by molar-refractivity contribution is -0.140. The topological polar surface area (TPSA) is 223 Å². The number of nitrogens with two attached hydrogens (primary N) is 2. The first-order valence-corrected chi connectivity index (χ1v) is 15.2. The van der Waals surface area contributed by atoms with Crippen LogP contribution in [0.25, 0.3) is 21.8 Å². The number of nitrogens with zero attached hydrogens (tertiary/aromatic N) is 2. The Balaban J connectivity index is 0.00000552. The van der Waals surface area contributed by atoms with Crippen molar-refractivity contribution in [1.29, 1.82) is 0 Å². The third-order valence-electron chi connectivity index (χ3n) is 6.67. The molecule has 16 heteroatoms. The summed E-state index contributed by atoms with van der Waals surface area (Å²) >= 11 is 0. The number of carbonyl (C=O) groups excluding carboxylic acids is 4. The van der Waals surface area contributed by atoms with Crippen LogP contribution in [0.3, 0.4) is 0 Å². The van der Waals surface area contributed by atoms with E-state index in [9.17, 15) is 28.8 Å². The highest BCUT2D eigenvalue weighted by Crippen LogP contribution is 2.39. The van der Waals surface area contributed by atoms with Crippen LogP contribution in [0, 0.1) is 13.8 Å². The van der Waals surface area contributed by atoms with Gasteiger partial charge in [-0.15, -0.1) is 0 Å². The van der Waals surface area contributed by atoms with Crippen molar-refractivity contribution in [1.82, 2.24) is 9.13 Å². The van der Waals surface area contributed by atoms with E-state index in [-0.39, 0.29) is 52.6 Å². The van der Waals surface area contributed by atoms with E-state index >= 15 is 0 Å². The lowest BCUT2D eigenvalue weighted by Crippen LogP contribution is -2.24. The standard InChI is InChI=1S/C28H26N4O10S2.CH4/c1-13-21(25(37)27(29)39)23-15(5-3-7-17(23)41-9-19(33)34)31(13)11-43-44-12-32-14(2)22(26(38)28(30)40)24-16(32)6-4-8-18(24)42-10-20(35)36;/h3-8H,9-12H2,1-2H3,(H2,29,39)(H2,30,40)(H,33,34)(H,35,36);1H4. The molecule has 0 atom stereocenters. The van der Waals surface area contributed by atoms with E-state index in [0.29, 0.717) is 22.4 Å². The van der Waals surface area contributed by atoms with Gasteiger partial charge in [0.15, 0.2) is 13.2 Å². The van der Waals surface area contributed by atoms with E-state index in [1.165, 1.54) is 33.7 Å². The largest absolute Gasteiger partial charge is 0.481 e. The fourth-order valence-electron chi connectivity index (χ4n) is 4.82. The van der Waals surface area contributed by atoms with Crippen molar-refractivity contribution in [3.8, 4) is 11.5 Å². The first-order valence-electron chi connectivity index (χ1n) is 12.7. The molecule has 238 valence electrons. The van der Waals surface area contributed by atoms with Crippen molar-refractivity contribution >= 4 is 78.7 Å². The molecule has 0 aliphatic rings. The van der Waals surface area contributed by atoms with Crippen LogP contribution in [0.2, 0.25) is 0 Å². The van der Waals surface area contributed by atoms with E-state index in [0.717, 1.165) is 0 Å². The van der Waals surface area contributed by atoms with Crippen LogP contribution < -0.4 is 20.9 Å². The highest BCUT2D eigenvalue weighted by molar-refractivity contribution is 8.76. The quantitative estimate of drug-likeness (QED) is 0.0626. The van der Waals surface area contributed by atoms with Crippen molar-refractivity contribution < 1.29 is 48.5 Å². The van der Waals surface area contributed by atoms with Gasteiger partial charge in [0.2, 0.25) is 0 Å². The van der Waals surface area contributed by atoms with Gasteiger partial charge in [-0.25, -0.2) is 9.59 Å². The van der Waals surface area contributed by atoms with Gasteiger partial charge in [0.05, 0.1) is 44.7 Å². The summed E-state index contributed by atoms with van der Waals surface area (Å²) in [5, 5.41) is 18.7. The number of aromatic nitrogens is 2. The van der Waals surface area contributed by atoms with E-state index < -0.39 is 48.5 Å². The number of rotatable bonds is 15. The molecule has 45 heavy (non-hydrogen) atoms. The van der Waals surface area contributed by atoms with Crippen LogP contribution in [0.5, 0.6) is 11.5 Å². The third-order valence-corrected chi connectivity index (χ3v) is 8.70. The summed E-state index contributed by atoms with van der Waals surface area (Å²) in [6.07, 6.45) is 0. The molecule has 6 N–H and O–H groups in total. The molecule has 0 spiro atoms. The predicted octanol–water partition coefficient (Wildman–Crippen LogP) is 3.11. The molecular formula is C29H30N4O10S2. The van der Waals surface area contributed by atoms with E-state index in [4.69, 9.17) is 31.2 Å². The molecule has 0 unspecified atom stereocenters. The second-order valence-corrected chi connectivity index (χ2v) is 11.7. The third kappa shape index (κ3) is 6.91. The molecule has 0 saturated carbocycles. The van der Waals surface area contributed by atoms with Crippen molar-refractivity contribution in [3.63, 3.8) is 0 Å². The van der Waals surface area contributed by atoms with Gasteiger partial charge in [-0.3, -0.25) is 19.2 Å². The van der Waals surface area contributed by atoms with E-state index in [1.54, 1.807) is 47.2 Å². The summed E-state index contributed by atoms with van der Waals surface area (Å²) < 4.78 is 14.3. The number of primary amides is 2. The number of hydrogen-bond donors (Lipinski definition) is 4. The Labute approximate surface area is 264 Å². The molecule has 2 amide bonds. The molecule has 4 aromatic rings. The van der Waals surface area contributed by atoms with Crippen LogP contribution in [-0.4, -0.2) is 67.9 Å². The average molecular weight is 659 g/mol. The summed E-state index contributed by atoms with van der Waals surface area (Å²) in [5.74, 6) is -5.94. The summed E-state index contributed by atoms with van der Waals surface area (Å²) in [6, 6.07) is 9.64. The van der Waals surface area contributed by atoms with Gasteiger partial charge in [-0.1, -0.05) is 41.1 Å². The number of Topliss-reactive ketones (excluding diaryl/α,β-unsaturated/α-hetero) is 2. The zero-order valence-electron chi connectivity index (χ0n) is 23.3. The lowest BCUT2D eigenvalue weighted by Gasteiger charge is -2.11. The Kier molecular flexibility index (Phi) is 10.9. The normalized spacial score (nSPS) is 10.8. The fraction of sp³-hybridized carbons (Fsp3) is 0.241. The van der Waals surface area contributed by atoms with Crippen LogP contribution >= 0.6 is 21.6 Å². The van der Waals surface area contributed by atoms with Crippen molar-refractivity contribution in [2.24, 2.45) is 11.5 Å². The number of carbonyl (C=O) groups is 6. The first kappa shape index (κ1) is 34.5. The van der Waals surface area contributed by atoms with Gasteiger partial charge in [-0.2, -0.15) is 0 Å². The zero-order valence-corrected chi connectivity index (χ0v) is 25.0. The van der Waals surface area contributed by atoms with Crippen molar-refractivity contribution in [2.75, 3.05) is 13.2 Å². The number of hydrogen-bond acceptors (Lipinski definition) is 10. The first-order chi connectivity index (χ1) is 20.8. The number of amides is 2. The summed E-state index contributed by atoms with van der Waals surface area (Å²) in [7, 11) is 2.72. The van der Waals surface area contributed by atoms with Gasteiger partial charge < -0.3 is 40.3 Å². The maximum absolute atomic E-state index is 12.8. The maximum Gasteiger partial charge on any atom is 0.341 e. The lowest BCUT2D eigenvalue weighted by atomic mass is 10.1. The molecule has 0 fully saturated rings. The molecular weight excluding hydrogens is 628 g/mol. The minimum atomic E-state index is -1.22. The van der Waals surface area contributed by atoms with E-state index in [1.807, 2.05) is 0 Å². The number of ether oxygens (including phenoxy) is 2. The molecule has 14 nitrogen and oxygen atoms in total. The van der Waals surface area contributed by atoms with Crippen LogP contribution in [0.15, 0.2) is 36.4 Å². The summed E-state index contributed by atoms with van der Waals surface area (Å²) in [6.45, 7) is 1.94. The number of fused-ring (bicyclic) bond motifs is 2. The molecule has 0 saturated heterocycles. The molecule has 0 aliphatic heterocycles. The molecule has 0 bridgehead atoms. The molecule has 0 radical (unpaired) electrons. The monoisotopic (exact) mass is 658 g/mol. The highest BCUT2D eigenvalue weighted by atomic mass is 33.1. The minimum absolute atomic E-state index is 0. The Morgan fingerprint density at radius 2 is 1.04 bits per heavy atom. The Bertz CT molecular complexity index is 1730. The Hall–Kier alpha value is -4.96. The second-order valence-electron chi connectivity index (χ2n) is 9.32. The zero-order chi connectivity index (χ0) is 32.3. The average Bonchev–Trinajstić information content (AvgIpc) is 3.42. The van der Waals surface area contributed by atoms with Gasteiger partial charge in [0.25, 0.3) is 23.4 Å². The van der Waals surface area contributed by atoms with Gasteiger partial charge in [0, 0.05) is 11.4 Å². The van der Waals surface area contributed by atoms with Gasteiger partial charge >= 0.3 is 11.9 Å². The number of carboxylic acid groups (broad SMARTS) is 2. The maximum atomic E-state index is 12.8. The fourth-order valence-corrected chi connectivity index (χ4v) is 6.92. The van der Waals surface area contributed by atoms with Gasteiger partial charge in [0.1, 0.15) is 11.5 Å². The molecule has 2 aromatic heterocycles. The summed E-state index contributed by atoms with van der Waals surface area (Å²) in [4.78, 5) is 71.5. The molecule has 0 aliphatic carbocycles. The minimum Gasteiger partial charge on any atom is -0.481 e. The molecule has 2 heterocycles. The van der Waals surface area contributed by atoms with Crippen molar-refractivity contribution in [2.45, 2.75) is 33.0 Å². The SMILES string of the molecule is C.Cc1c(C(=O)C(N)=O)c2c(OCC(=O)O)cccc2n1CSSCn1c(C)c(C(=O)C(N)=O)c2c(OCC(=O)O)cccc21. The molecule has 4 rings (SSSR count). The van der Waals surface area contributed by atoms with Crippen LogP contribution in [0.1, 0.15) is 39.5 Å². The van der Waals surface area contributed by atoms with Crippen molar-refractivity contribution in [3.05, 3.63) is 58.9 Å². The van der Waals surface area contributed by atoms with Crippen LogP contribution in [0.4, 0.5) is 0 Å². The number of aliphatic carboxylic acids is 2. The summed E-state index contributed by atoms with van der Waals surface area (Å²) in [5.41, 5.74) is 12.5. The second kappa shape index (κ2) is 14.2. The van der Waals surface area contributed by atoms with Crippen LogP contribution in [-0.2, 0) is 30.9 Å². The number of ketones is 2. The smallest absolute Gasteiger partial charge is 0.341 e. The number of carboxylic acids is 2. The Morgan fingerprint density at radius 1 is 0.689 bits per heavy atom.